The van der Waals surface area contributed by atoms with Crippen LogP contribution in [0.15, 0.2) is 54.6 Å². The maximum Gasteiger partial charge on any atom is -0.000803 e. The molecular formula is C19H25N. The molecule has 106 valence electrons. The van der Waals surface area contributed by atoms with E-state index in [-0.39, 0.29) is 0 Å². The van der Waals surface area contributed by atoms with Gasteiger partial charge in [-0.1, -0.05) is 75.4 Å². The zero-order valence-corrected chi connectivity index (χ0v) is 12.8. The van der Waals surface area contributed by atoms with Crippen molar-refractivity contribution in [2.75, 3.05) is 6.54 Å². The summed E-state index contributed by atoms with van der Waals surface area (Å²) >= 11 is 0. The Morgan fingerprint density at radius 3 is 1.90 bits per heavy atom. The van der Waals surface area contributed by atoms with Crippen LogP contribution in [0.3, 0.4) is 0 Å². The van der Waals surface area contributed by atoms with E-state index in [0.717, 1.165) is 6.42 Å². The molecule has 20 heavy (non-hydrogen) atoms. The fraction of sp³-hybridized carbons (Fsp3) is 0.368. The average molecular weight is 267 g/mol. The minimum absolute atomic E-state index is 0.308. The van der Waals surface area contributed by atoms with E-state index in [1.165, 1.54) is 16.7 Å². The lowest BCUT2D eigenvalue weighted by Gasteiger charge is -2.25. The Morgan fingerprint density at radius 2 is 1.40 bits per heavy atom. The van der Waals surface area contributed by atoms with Crippen LogP contribution in [-0.2, 0) is 0 Å². The number of hydrogen-bond donors (Lipinski definition) is 1. The van der Waals surface area contributed by atoms with Crippen LogP contribution in [0, 0.1) is 5.41 Å². The van der Waals surface area contributed by atoms with E-state index in [1.807, 2.05) is 6.07 Å². The van der Waals surface area contributed by atoms with Crippen LogP contribution in [0.4, 0.5) is 0 Å². The molecule has 1 unspecified atom stereocenters. The number of hydrogen-bond acceptors (Lipinski definition) is 1. The van der Waals surface area contributed by atoms with Crippen LogP contribution in [0.5, 0.6) is 0 Å². The Hall–Kier alpha value is -1.60. The third-order valence-electron chi connectivity index (χ3n) is 3.63. The summed E-state index contributed by atoms with van der Waals surface area (Å²) in [7, 11) is 0. The predicted molar refractivity (Wildman–Crippen MR) is 87.7 cm³/mol. The molecule has 2 aromatic carbocycles. The first-order valence-corrected chi connectivity index (χ1v) is 7.35. The molecule has 0 amide bonds. The minimum atomic E-state index is 0.308. The van der Waals surface area contributed by atoms with Crippen molar-refractivity contribution in [3.8, 4) is 11.1 Å². The summed E-state index contributed by atoms with van der Waals surface area (Å²) in [5.74, 6) is 0.444. The second-order valence-corrected chi connectivity index (χ2v) is 6.69. The molecule has 0 fully saturated rings. The molecule has 1 atom stereocenters. The van der Waals surface area contributed by atoms with E-state index in [4.69, 9.17) is 5.73 Å². The SMILES string of the molecule is CC(C)(C)CC(CN)c1ccc(-c2ccccc2)cc1. The summed E-state index contributed by atoms with van der Waals surface area (Å²) in [6.45, 7) is 7.53. The summed E-state index contributed by atoms with van der Waals surface area (Å²) in [6, 6.07) is 19.3. The van der Waals surface area contributed by atoms with Crippen molar-refractivity contribution in [1.82, 2.24) is 0 Å². The van der Waals surface area contributed by atoms with Crippen molar-refractivity contribution < 1.29 is 0 Å². The summed E-state index contributed by atoms with van der Waals surface area (Å²) in [5, 5.41) is 0. The molecule has 2 aromatic rings. The molecule has 1 nitrogen and oxygen atoms in total. The lowest BCUT2D eigenvalue weighted by molar-refractivity contribution is 0.342. The van der Waals surface area contributed by atoms with Gasteiger partial charge in [-0.3, -0.25) is 0 Å². The average Bonchev–Trinajstić information content (AvgIpc) is 2.45. The zero-order chi connectivity index (χ0) is 14.6. The van der Waals surface area contributed by atoms with E-state index in [2.05, 4.69) is 69.3 Å². The third kappa shape index (κ3) is 3.94. The molecule has 0 aliphatic rings. The van der Waals surface area contributed by atoms with Crippen LogP contribution < -0.4 is 5.73 Å². The molecule has 2 N–H and O–H groups in total. The van der Waals surface area contributed by atoms with E-state index in [0.29, 0.717) is 17.9 Å². The second-order valence-electron chi connectivity index (χ2n) is 6.69. The van der Waals surface area contributed by atoms with Gasteiger partial charge in [0.1, 0.15) is 0 Å². The van der Waals surface area contributed by atoms with Gasteiger partial charge in [0, 0.05) is 0 Å². The summed E-state index contributed by atoms with van der Waals surface area (Å²) < 4.78 is 0. The standard InChI is InChI=1S/C19H25N/c1-19(2,3)13-18(14-20)17-11-9-16(10-12-17)15-7-5-4-6-8-15/h4-12,18H,13-14,20H2,1-3H3. The molecule has 0 radical (unpaired) electrons. The molecule has 0 saturated heterocycles. The highest BCUT2D eigenvalue weighted by Crippen LogP contribution is 2.31. The Morgan fingerprint density at radius 1 is 0.850 bits per heavy atom. The first-order valence-electron chi connectivity index (χ1n) is 7.35. The predicted octanol–water partition coefficient (Wildman–Crippen LogP) is 4.83. The number of nitrogens with two attached hydrogens (primary N) is 1. The highest BCUT2D eigenvalue weighted by molar-refractivity contribution is 5.63. The monoisotopic (exact) mass is 267 g/mol. The largest absolute Gasteiger partial charge is 0.330 e. The van der Waals surface area contributed by atoms with Gasteiger partial charge in [-0.25, -0.2) is 0 Å². The lowest BCUT2D eigenvalue weighted by atomic mass is 9.81. The molecule has 2 rings (SSSR count). The Balaban J connectivity index is 2.19. The molecule has 1 heteroatoms. The third-order valence-corrected chi connectivity index (χ3v) is 3.63. The highest BCUT2D eigenvalue weighted by atomic mass is 14.6. The molecule has 0 aromatic heterocycles. The topological polar surface area (TPSA) is 26.0 Å². The first kappa shape index (κ1) is 14.8. The molecule has 0 aliphatic carbocycles. The highest BCUT2D eigenvalue weighted by Gasteiger charge is 2.19. The molecule has 0 heterocycles. The van der Waals surface area contributed by atoms with E-state index >= 15 is 0 Å². The fourth-order valence-corrected chi connectivity index (χ4v) is 2.65. The van der Waals surface area contributed by atoms with E-state index in [9.17, 15) is 0 Å². The van der Waals surface area contributed by atoms with Crippen LogP contribution in [0.25, 0.3) is 11.1 Å². The van der Waals surface area contributed by atoms with Gasteiger partial charge >= 0.3 is 0 Å². The van der Waals surface area contributed by atoms with E-state index in [1.54, 1.807) is 0 Å². The molecular weight excluding hydrogens is 242 g/mol. The normalized spacial score (nSPS) is 13.2. The smallest absolute Gasteiger partial charge is 0.000803 e. The van der Waals surface area contributed by atoms with Gasteiger partial charge in [0.2, 0.25) is 0 Å². The van der Waals surface area contributed by atoms with Crippen LogP contribution >= 0.6 is 0 Å². The first-order chi connectivity index (χ1) is 9.49. The molecule has 0 spiro atoms. The Bertz CT molecular complexity index is 520. The van der Waals surface area contributed by atoms with E-state index < -0.39 is 0 Å². The Kier molecular flexibility index (Phi) is 4.61. The van der Waals surface area contributed by atoms with Gasteiger partial charge < -0.3 is 5.73 Å². The maximum absolute atomic E-state index is 5.96. The van der Waals surface area contributed by atoms with Crippen molar-refractivity contribution in [3.05, 3.63) is 60.2 Å². The Labute approximate surface area is 122 Å². The number of benzene rings is 2. The maximum atomic E-state index is 5.96. The van der Waals surface area contributed by atoms with Crippen molar-refractivity contribution in [2.45, 2.75) is 33.1 Å². The molecule has 0 saturated carbocycles. The van der Waals surface area contributed by atoms with Gasteiger partial charge in [-0.2, -0.15) is 0 Å². The van der Waals surface area contributed by atoms with Crippen LogP contribution in [-0.4, -0.2) is 6.54 Å². The van der Waals surface area contributed by atoms with Crippen molar-refractivity contribution in [1.29, 1.82) is 0 Å². The van der Waals surface area contributed by atoms with Crippen molar-refractivity contribution in [3.63, 3.8) is 0 Å². The zero-order valence-electron chi connectivity index (χ0n) is 12.8. The number of rotatable bonds is 4. The van der Waals surface area contributed by atoms with Crippen LogP contribution in [0.1, 0.15) is 38.7 Å². The van der Waals surface area contributed by atoms with Gasteiger partial charge in [0.05, 0.1) is 0 Å². The molecule has 0 bridgehead atoms. The van der Waals surface area contributed by atoms with Crippen molar-refractivity contribution >= 4 is 0 Å². The van der Waals surface area contributed by atoms with Crippen molar-refractivity contribution in [2.24, 2.45) is 11.1 Å². The van der Waals surface area contributed by atoms with Gasteiger partial charge in [0.15, 0.2) is 0 Å². The summed E-state index contributed by atoms with van der Waals surface area (Å²) in [6.07, 6.45) is 1.12. The minimum Gasteiger partial charge on any atom is -0.330 e. The quantitative estimate of drug-likeness (QED) is 0.843. The molecule has 0 aliphatic heterocycles. The van der Waals surface area contributed by atoms with Gasteiger partial charge in [-0.15, -0.1) is 0 Å². The van der Waals surface area contributed by atoms with Gasteiger partial charge in [-0.05, 0) is 41.0 Å². The van der Waals surface area contributed by atoms with Crippen LogP contribution in [0.2, 0.25) is 0 Å². The van der Waals surface area contributed by atoms with Gasteiger partial charge in [0.25, 0.3) is 0 Å². The summed E-state index contributed by atoms with van der Waals surface area (Å²) in [4.78, 5) is 0. The second kappa shape index (κ2) is 6.23. The fourth-order valence-electron chi connectivity index (χ4n) is 2.65. The lowest BCUT2D eigenvalue weighted by Crippen LogP contribution is -2.19. The summed E-state index contributed by atoms with van der Waals surface area (Å²) in [5.41, 5.74) is 10.1.